The maximum Gasteiger partial charge on any atom is 0.260 e. The standard InChI is InChI=1S/C21H27N3O3/c1-5-6-9-18-12-23(17-10-7-8-14(2)11-17)19(25)13-24(18)21(26)20-15(3)22-27-16(20)4/h7-8,10-11,18H,5-6,9,12-13H2,1-4H3/t18-/m1/s1. The monoisotopic (exact) mass is 369 g/mol. The molecule has 2 amide bonds. The molecule has 0 saturated carbocycles. The van der Waals surface area contributed by atoms with E-state index in [0.717, 1.165) is 30.5 Å². The summed E-state index contributed by atoms with van der Waals surface area (Å²) in [6.07, 6.45) is 2.91. The van der Waals surface area contributed by atoms with Gasteiger partial charge in [-0.25, -0.2) is 0 Å². The molecule has 0 N–H and O–H groups in total. The van der Waals surface area contributed by atoms with Gasteiger partial charge in [-0.2, -0.15) is 0 Å². The quantitative estimate of drug-likeness (QED) is 0.807. The van der Waals surface area contributed by atoms with Crippen LogP contribution in [0.25, 0.3) is 0 Å². The van der Waals surface area contributed by atoms with Crippen LogP contribution in [0.2, 0.25) is 0 Å². The normalized spacial score (nSPS) is 17.5. The van der Waals surface area contributed by atoms with Crippen molar-refractivity contribution in [3.05, 3.63) is 46.8 Å². The van der Waals surface area contributed by atoms with Crippen LogP contribution in [0.15, 0.2) is 28.8 Å². The first-order valence-electron chi connectivity index (χ1n) is 9.53. The molecule has 1 aromatic carbocycles. The molecule has 1 atom stereocenters. The number of carbonyl (C=O) groups is 2. The third-order valence-electron chi connectivity index (χ3n) is 5.15. The van der Waals surface area contributed by atoms with Crippen molar-refractivity contribution in [3.63, 3.8) is 0 Å². The first kappa shape index (κ1) is 19.1. The van der Waals surface area contributed by atoms with Gasteiger partial charge >= 0.3 is 0 Å². The molecule has 144 valence electrons. The van der Waals surface area contributed by atoms with Crippen molar-refractivity contribution in [1.29, 1.82) is 0 Å². The van der Waals surface area contributed by atoms with Crippen LogP contribution in [-0.4, -0.2) is 41.0 Å². The van der Waals surface area contributed by atoms with Crippen molar-refractivity contribution >= 4 is 17.5 Å². The van der Waals surface area contributed by atoms with Crippen LogP contribution in [0.1, 0.15) is 53.6 Å². The second kappa shape index (κ2) is 7.94. The summed E-state index contributed by atoms with van der Waals surface area (Å²) in [5, 5.41) is 3.89. The zero-order valence-corrected chi connectivity index (χ0v) is 16.5. The van der Waals surface area contributed by atoms with Gasteiger partial charge in [0.1, 0.15) is 17.9 Å². The van der Waals surface area contributed by atoms with Crippen molar-refractivity contribution in [1.82, 2.24) is 10.1 Å². The lowest BCUT2D eigenvalue weighted by Gasteiger charge is -2.41. The minimum Gasteiger partial charge on any atom is -0.361 e. The molecule has 0 bridgehead atoms. The van der Waals surface area contributed by atoms with Gasteiger partial charge in [0.15, 0.2) is 0 Å². The Kier molecular flexibility index (Phi) is 5.63. The average molecular weight is 369 g/mol. The third-order valence-corrected chi connectivity index (χ3v) is 5.15. The summed E-state index contributed by atoms with van der Waals surface area (Å²) in [4.78, 5) is 29.6. The molecular formula is C21H27N3O3. The fourth-order valence-electron chi connectivity index (χ4n) is 3.67. The van der Waals surface area contributed by atoms with E-state index in [1.807, 2.05) is 36.1 Å². The van der Waals surface area contributed by atoms with E-state index in [1.165, 1.54) is 0 Å². The Bertz CT molecular complexity index is 823. The third kappa shape index (κ3) is 3.89. The summed E-state index contributed by atoms with van der Waals surface area (Å²) in [5.41, 5.74) is 3.05. The molecule has 1 aliphatic heterocycles. The van der Waals surface area contributed by atoms with Gasteiger partial charge < -0.3 is 14.3 Å². The minimum atomic E-state index is -0.162. The van der Waals surface area contributed by atoms with Gasteiger partial charge in [0, 0.05) is 12.2 Å². The highest BCUT2D eigenvalue weighted by molar-refractivity contribution is 6.02. The van der Waals surface area contributed by atoms with E-state index in [-0.39, 0.29) is 24.4 Å². The number of rotatable bonds is 5. The van der Waals surface area contributed by atoms with Crippen LogP contribution in [0.3, 0.4) is 0 Å². The maximum absolute atomic E-state index is 13.2. The number of piperazine rings is 1. The fourth-order valence-corrected chi connectivity index (χ4v) is 3.67. The molecule has 6 nitrogen and oxygen atoms in total. The minimum absolute atomic E-state index is 0.0237. The van der Waals surface area contributed by atoms with Crippen molar-refractivity contribution in [2.45, 2.75) is 53.0 Å². The Morgan fingerprint density at radius 3 is 2.70 bits per heavy atom. The largest absolute Gasteiger partial charge is 0.361 e. The molecule has 2 aromatic rings. The van der Waals surface area contributed by atoms with E-state index in [9.17, 15) is 9.59 Å². The molecule has 0 aliphatic carbocycles. The van der Waals surface area contributed by atoms with Crippen LogP contribution in [0.4, 0.5) is 5.69 Å². The fraction of sp³-hybridized carbons (Fsp3) is 0.476. The zero-order chi connectivity index (χ0) is 19.6. The Labute approximate surface area is 160 Å². The van der Waals surface area contributed by atoms with Crippen molar-refractivity contribution in [2.75, 3.05) is 18.0 Å². The van der Waals surface area contributed by atoms with Crippen LogP contribution in [0.5, 0.6) is 0 Å². The number of nitrogens with zero attached hydrogens (tertiary/aromatic N) is 3. The first-order valence-corrected chi connectivity index (χ1v) is 9.53. The van der Waals surface area contributed by atoms with Crippen molar-refractivity contribution in [3.8, 4) is 0 Å². The van der Waals surface area contributed by atoms with Crippen LogP contribution < -0.4 is 4.90 Å². The number of unbranched alkanes of at least 4 members (excludes halogenated alkanes) is 1. The summed E-state index contributed by atoms with van der Waals surface area (Å²) in [7, 11) is 0. The van der Waals surface area contributed by atoms with Gasteiger partial charge in [0.25, 0.3) is 5.91 Å². The summed E-state index contributed by atoms with van der Waals surface area (Å²) in [5.74, 6) is 0.276. The molecule has 3 rings (SSSR count). The summed E-state index contributed by atoms with van der Waals surface area (Å²) < 4.78 is 5.16. The van der Waals surface area contributed by atoms with E-state index >= 15 is 0 Å². The van der Waals surface area contributed by atoms with E-state index in [1.54, 1.807) is 18.7 Å². The molecule has 0 radical (unpaired) electrons. The summed E-state index contributed by atoms with van der Waals surface area (Å²) in [6.45, 7) is 8.23. The van der Waals surface area contributed by atoms with Crippen LogP contribution in [-0.2, 0) is 4.79 Å². The molecule has 6 heteroatoms. The number of amides is 2. The highest BCUT2D eigenvalue weighted by atomic mass is 16.5. The number of aryl methyl sites for hydroxylation is 3. The smallest absolute Gasteiger partial charge is 0.260 e. The van der Waals surface area contributed by atoms with Gasteiger partial charge in [0.05, 0.1) is 11.7 Å². The molecule has 0 spiro atoms. The van der Waals surface area contributed by atoms with Gasteiger partial charge in [-0.1, -0.05) is 37.1 Å². The Hall–Kier alpha value is -2.63. The number of anilines is 1. The lowest BCUT2D eigenvalue weighted by Crippen LogP contribution is -2.58. The van der Waals surface area contributed by atoms with Gasteiger partial charge in [-0.15, -0.1) is 0 Å². The van der Waals surface area contributed by atoms with E-state index < -0.39 is 0 Å². The highest BCUT2D eigenvalue weighted by Gasteiger charge is 2.37. The topological polar surface area (TPSA) is 66.7 Å². The Balaban J connectivity index is 1.89. The van der Waals surface area contributed by atoms with Gasteiger partial charge in [-0.05, 0) is 44.9 Å². The van der Waals surface area contributed by atoms with Crippen molar-refractivity contribution in [2.24, 2.45) is 0 Å². The maximum atomic E-state index is 13.2. The number of benzene rings is 1. The second-order valence-electron chi connectivity index (χ2n) is 7.27. The number of aromatic nitrogens is 1. The average Bonchev–Trinajstić information content (AvgIpc) is 2.98. The van der Waals surface area contributed by atoms with Crippen molar-refractivity contribution < 1.29 is 14.1 Å². The SMILES string of the molecule is CCCC[C@@H]1CN(c2cccc(C)c2)C(=O)CN1C(=O)c1c(C)noc1C. The number of hydrogen-bond donors (Lipinski definition) is 0. The van der Waals surface area contributed by atoms with E-state index in [4.69, 9.17) is 4.52 Å². The molecule has 1 aliphatic rings. The molecule has 27 heavy (non-hydrogen) atoms. The highest BCUT2D eigenvalue weighted by Crippen LogP contribution is 2.26. The lowest BCUT2D eigenvalue weighted by atomic mass is 10.0. The summed E-state index contributed by atoms with van der Waals surface area (Å²) >= 11 is 0. The first-order chi connectivity index (χ1) is 12.9. The predicted octanol–water partition coefficient (Wildman–Crippen LogP) is 3.65. The molecular weight excluding hydrogens is 342 g/mol. The molecule has 2 heterocycles. The Morgan fingerprint density at radius 2 is 2.07 bits per heavy atom. The summed E-state index contributed by atoms with van der Waals surface area (Å²) in [6, 6.07) is 7.92. The van der Waals surface area contributed by atoms with Gasteiger partial charge in [-0.3, -0.25) is 9.59 Å². The molecule has 1 saturated heterocycles. The Morgan fingerprint density at radius 1 is 1.30 bits per heavy atom. The number of hydrogen-bond acceptors (Lipinski definition) is 4. The molecule has 0 unspecified atom stereocenters. The van der Waals surface area contributed by atoms with Gasteiger partial charge in [0.2, 0.25) is 5.91 Å². The van der Waals surface area contributed by atoms with Crippen LogP contribution in [0, 0.1) is 20.8 Å². The molecule has 1 fully saturated rings. The zero-order valence-electron chi connectivity index (χ0n) is 16.5. The predicted molar refractivity (Wildman–Crippen MR) is 104 cm³/mol. The number of carbonyl (C=O) groups excluding carboxylic acids is 2. The molecule has 1 aromatic heterocycles. The van der Waals surface area contributed by atoms with E-state index in [0.29, 0.717) is 23.6 Å². The second-order valence-corrected chi connectivity index (χ2v) is 7.27. The van der Waals surface area contributed by atoms with E-state index in [2.05, 4.69) is 12.1 Å². The van der Waals surface area contributed by atoms with Crippen LogP contribution >= 0.6 is 0 Å². The lowest BCUT2D eigenvalue weighted by molar-refractivity contribution is -0.121.